The lowest BCUT2D eigenvalue weighted by Crippen LogP contribution is -2.44. The summed E-state index contributed by atoms with van der Waals surface area (Å²) >= 11 is 0. The van der Waals surface area contributed by atoms with Gasteiger partial charge in [0, 0.05) is 6.04 Å². The van der Waals surface area contributed by atoms with E-state index in [4.69, 9.17) is 5.84 Å². The SMILES string of the molecule is CCC1CCCC(C(Cc2cccc(F)c2F)NN)C1. The fourth-order valence-corrected chi connectivity index (χ4v) is 3.37. The molecular weight excluding hydrogens is 258 g/mol. The van der Waals surface area contributed by atoms with Gasteiger partial charge in [-0.15, -0.1) is 0 Å². The Labute approximate surface area is 119 Å². The number of nitrogens with one attached hydrogen (secondary N) is 1. The summed E-state index contributed by atoms with van der Waals surface area (Å²) < 4.78 is 27.0. The molecule has 0 heterocycles. The average molecular weight is 282 g/mol. The quantitative estimate of drug-likeness (QED) is 0.640. The van der Waals surface area contributed by atoms with Gasteiger partial charge in [0.25, 0.3) is 0 Å². The molecule has 0 aliphatic heterocycles. The third-order valence-corrected chi connectivity index (χ3v) is 4.66. The van der Waals surface area contributed by atoms with Gasteiger partial charge >= 0.3 is 0 Å². The molecule has 112 valence electrons. The molecule has 3 unspecified atom stereocenters. The van der Waals surface area contributed by atoms with E-state index in [9.17, 15) is 8.78 Å². The highest BCUT2D eigenvalue weighted by molar-refractivity contribution is 5.20. The summed E-state index contributed by atoms with van der Waals surface area (Å²) in [6.45, 7) is 2.21. The van der Waals surface area contributed by atoms with Gasteiger partial charge < -0.3 is 0 Å². The Morgan fingerprint density at radius 3 is 2.85 bits per heavy atom. The monoisotopic (exact) mass is 282 g/mol. The molecule has 0 radical (unpaired) electrons. The molecule has 1 aliphatic carbocycles. The van der Waals surface area contributed by atoms with Crippen LogP contribution in [-0.4, -0.2) is 6.04 Å². The standard InChI is InChI=1S/C16H24F2N2/c1-2-11-5-3-6-12(9-11)15(20-19)10-13-7-4-8-14(17)16(13)18/h4,7-8,11-12,15,20H,2-3,5-6,9-10,19H2,1H3. The van der Waals surface area contributed by atoms with Gasteiger partial charge in [0.1, 0.15) is 0 Å². The Morgan fingerprint density at radius 1 is 1.35 bits per heavy atom. The average Bonchev–Trinajstić information content (AvgIpc) is 2.49. The number of rotatable bonds is 5. The van der Waals surface area contributed by atoms with Crippen molar-refractivity contribution in [2.45, 2.75) is 51.5 Å². The normalized spacial score (nSPS) is 24.6. The summed E-state index contributed by atoms with van der Waals surface area (Å²) in [5.41, 5.74) is 3.23. The van der Waals surface area contributed by atoms with E-state index < -0.39 is 11.6 Å². The third kappa shape index (κ3) is 3.55. The van der Waals surface area contributed by atoms with E-state index in [1.54, 1.807) is 12.1 Å². The number of hydrazine groups is 1. The lowest BCUT2D eigenvalue weighted by atomic mass is 9.75. The molecule has 20 heavy (non-hydrogen) atoms. The molecule has 0 saturated heterocycles. The van der Waals surface area contributed by atoms with Crippen LogP contribution in [-0.2, 0) is 6.42 Å². The van der Waals surface area contributed by atoms with E-state index in [-0.39, 0.29) is 6.04 Å². The van der Waals surface area contributed by atoms with E-state index in [1.165, 1.54) is 19.3 Å². The minimum absolute atomic E-state index is 0.0145. The Hall–Kier alpha value is -1.00. The summed E-state index contributed by atoms with van der Waals surface area (Å²) in [4.78, 5) is 0. The zero-order valence-corrected chi connectivity index (χ0v) is 12.0. The second-order valence-corrected chi connectivity index (χ2v) is 5.89. The summed E-state index contributed by atoms with van der Waals surface area (Å²) in [5.74, 6) is 5.32. The fourth-order valence-electron chi connectivity index (χ4n) is 3.37. The lowest BCUT2D eigenvalue weighted by Gasteiger charge is -2.34. The van der Waals surface area contributed by atoms with Gasteiger partial charge in [0.15, 0.2) is 11.6 Å². The highest BCUT2D eigenvalue weighted by Gasteiger charge is 2.28. The van der Waals surface area contributed by atoms with Crippen LogP contribution in [0.4, 0.5) is 8.78 Å². The molecule has 3 N–H and O–H groups in total. The maximum Gasteiger partial charge on any atom is 0.162 e. The van der Waals surface area contributed by atoms with Crippen LogP contribution in [0.2, 0.25) is 0 Å². The smallest absolute Gasteiger partial charge is 0.162 e. The lowest BCUT2D eigenvalue weighted by molar-refractivity contribution is 0.207. The van der Waals surface area contributed by atoms with E-state index >= 15 is 0 Å². The maximum atomic E-state index is 13.8. The molecule has 4 heteroatoms. The minimum atomic E-state index is -0.784. The van der Waals surface area contributed by atoms with E-state index in [0.29, 0.717) is 17.9 Å². The summed E-state index contributed by atoms with van der Waals surface area (Å²) in [5, 5.41) is 0. The zero-order chi connectivity index (χ0) is 14.5. The molecule has 0 aromatic heterocycles. The van der Waals surface area contributed by atoms with Crippen LogP contribution in [0.25, 0.3) is 0 Å². The van der Waals surface area contributed by atoms with Gasteiger partial charge in [-0.05, 0) is 42.7 Å². The summed E-state index contributed by atoms with van der Waals surface area (Å²) in [6.07, 6.45) is 6.35. The largest absolute Gasteiger partial charge is 0.271 e. The molecule has 0 amide bonds. The molecule has 0 bridgehead atoms. The van der Waals surface area contributed by atoms with Crippen molar-refractivity contribution < 1.29 is 8.78 Å². The van der Waals surface area contributed by atoms with Gasteiger partial charge in [-0.1, -0.05) is 38.3 Å². The fraction of sp³-hybridized carbons (Fsp3) is 0.625. The first kappa shape index (κ1) is 15.4. The zero-order valence-electron chi connectivity index (χ0n) is 12.0. The van der Waals surface area contributed by atoms with Crippen molar-refractivity contribution in [3.8, 4) is 0 Å². The first-order valence-corrected chi connectivity index (χ1v) is 7.54. The van der Waals surface area contributed by atoms with Crippen LogP contribution < -0.4 is 11.3 Å². The number of nitrogens with two attached hydrogens (primary N) is 1. The third-order valence-electron chi connectivity index (χ3n) is 4.66. The van der Waals surface area contributed by atoms with Crippen molar-refractivity contribution >= 4 is 0 Å². The predicted molar refractivity (Wildman–Crippen MR) is 76.9 cm³/mol. The summed E-state index contributed by atoms with van der Waals surface area (Å²) in [7, 11) is 0. The number of hydrogen-bond donors (Lipinski definition) is 2. The second-order valence-electron chi connectivity index (χ2n) is 5.89. The molecular formula is C16H24F2N2. The van der Waals surface area contributed by atoms with Crippen molar-refractivity contribution in [1.82, 2.24) is 5.43 Å². The van der Waals surface area contributed by atoms with E-state index in [1.807, 2.05) is 0 Å². The van der Waals surface area contributed by atoms with Crippen LogP contribution in [0.15, 0.2) is 18.2 Å². The molecule has 0 spiro atoms. The molecule has 1 aromatic rings. The van der Waals surface area contributed by atoms with Crippen LogP contribution in [0, 0.1) is 23.5 Å². The van der Waals surface area contributed by atoms with Crippen molar-refractivity contribution in [2.75, 3.05) is 0 Å². The molecule has 3 atom stereocenters. The molecule has 2 rings (SSSR count). The van der Waals surface area contributed by atoms with Crippen LogP contribution in [0.3, 0.4) is 0 Å². The van der Waals surface area contributed by atoms with Crippen molar-refractivity contribution in [1.29, 1.82) is 0 Å². The van der Waals surface area contributed by atoms with Crippen LogP contribution >= 0.6 is 0 Å². The van der Waals surface area contributed by atoms with Crippen molar-refractivity contribution in [3.63, 3.8) is 0 Å². The van der Waals surface area contributed by atoms with Crippen molar-refractivity contribution in [3.05, 3.63) is 35.4 Å². The van der Waals surface area contributed by atoms with E-state index in [2.05, 4.69) is 12.3 Å². The molecule has 1 aliphatic rings. The van der Waals surface area contributed by atoms with Gasteiger partial charge in [-0.25, -0.2) is 8.78 Å². The molecule has 2 nitrogen and oxygen atoms in total. The molecule has 1 saturated carbocycles. The first-order chi connectivity index (χ1) is 9.65. The Kier molecular flexibility index (Phi) is 5.49. The molecule has 1 fully saturated rings. The number of benzene rings is 1. The van der Waals surface area contributed by atoms with E-state index in [0.717, 1.165) is 24.8 Å². The van der Waals surface area contributed by atoms with Gasteiger partial charge in [0.2, 0.25) is 0 Å². The predicted octanol–water partition coefficient (Wildman–Crippen LogP) is 3.56. The van der Waals surface area contributed by atoms with Crippen LogP contribution in [0.5, 0.6) is 0 Å². The van der Waals surface area contributed by atoms with Crippen LogP contribution in [0.1, 0.15) is 44.6 Å². The molecule has 1 aromatic carbocycles. The van der Waals surface area contributed by atoms with Gasteiger partial charge in [-0.3, -0.25) is 11.3 Å². The first-order valence-electron chi connectivity index (χ1n) is 7.54. The topological polar surface area (TPSA) is 38.0 Å². The highest BCUT2D eigenvalue weighted by atomic mass is 19.2. The Balaban J connectivity index is 2.06. The number of hydrogen-bond acceptors (Lipinski definition) is 2. The Bertz CT molecular complexity index is 436. The maximum absolute atomic E-state index is 13.8. The van der Waals surface area contributed by atoms with Gasteiger partial charge in [0.05, 0.1) is 0 Å². The Morgan fingerprint density at radius 2 is 2.15 bits per heavy atom. The van der Waals surface area contributed by atoms with Crippen molar-refractivity contribution in [2.24, 2.45) is 17.7 Å². The second kappa shape index (κ2) is 7.14. The van der Waals surface area contributed by atoms with Gasteiger partial charge in [-0.2, -0.15) is 0 Å². The summed E-state index contributed by atoms with van der Waals surface area (Å²) in [6, 6.07) is 4.36. The highest BCUT2D eigenvalue weighted by Crippen LogP contribution is 2.33. The minimum Gasteiger partial charge on any atom is -0.271 e. The number of halogens is 2.